The minimum Gasteiger partial charge on any atom is -0.488 e. The maximum atomic E-state index is 8.66. The van der Waals surface area contributed by atoms with E-state index in [1.807, 2.05) is 54.7 Å². The van der Waals surface area contributed by atoms with Gasteiger partial charge in [-0.1, -0.05) is 17.9 Å². The summed E-state index contributed by atoms with van der Waals surface area (Å²) in [4.78, 5) is 3.16. The number of aliphatic hydroxyl groups excluding tert-OH is 1. The minimum absolute atomic E-state index is 0.112. The first-order chi connectivity index (χ1) is 9.69. The van der Waals surface area contributed by atoms with Crippen molar-refractivity contribution in [2.75, 3.05) is 25.6 Å². The molecule has 0 aliphatic rings. The van der Waals surface area contributed by atoms with Gasteiger partial charge in [-0.25, -0.2) is 0 Å². The highest BCUT2D eigenvalue weighted by Gasteiger charge is 2.01. The van der Waals surface area contributed by atoms with Crippen LogP contribution in [-0.4, -0.2) is 25.8 Å². The Morgan fingerprint density at radius 1 is 1.30 bits per heavy atom. The highest BCUT2D eigenvalue weighted by atomic mass is 32.1. The van der Waals surface area contributed by atoms with E-state index in [1.54, 1.807) is 11.3 Å². The van der Waals surface area contributed by atoms with E-state index in [0.717, 1.165) is 21.9 Å². The van der Waals surface area contributed by atoms with Crippen LogP contribution in [0.1, 0.15) is 10.4 Å². The average molecular weight is 287 g/mol. The van der Waals surface area contributed by atoms with Crippen LogP contribution in [0.5, 0.6) is 5.75 Å². The molecular formula is C16H17NO2S. The van der Waals surface area contributed by atoms with Crippen LogP contribution < -0.4 is 9.64 Å². The van der Waals surface area contributed by atoms with E-state index < -0.39 is 0 Å². The van der Waals surface area contributed by atoms with E-state index in [2.05, 4.69) is 11.8 Å². The van der Waals surface area contributed by atoms with Gasteiger partial charge in [0.15, 0.2) is 0 Å². The van der Waals surface area contributed by atoms with Crippen molar-refractivity contribution in [1.82, 2.24) is 0 Å². The van der Waals surface area contributed by atoms with Gasteiger partial charge in [-0.3, -0.25) is 0 Å². The molecule has 4 heteroatoms. The molecule has 0 amide bonds. The molecule has 0 spiro atoms. The van der Waals surface area contributed by atoms with Crippen LogP contribution in [0.15, 0.2) is 35.7 Å². The van der Waals surface area contributed by atoms with E-state index in [-0.39, 0.29) is 6.61 Å². The number of nitrogens with zero attached hydrogens (tertiary/aromatic N) is 1. The van der Waals surface area contributed by atoms with Crippen LogP contribution >= 0.6 is 11.3 Å². The normalized spacial score (nSPS) is 9.75. The Balaban J connectivity index is 1.98. The highest BCUT2D eigenvalue weighted by molar-refractivity contribution is 7.10. The number of aliphatic hydroxyl groups is 1. The summed E-state index contributed by atoms with van der Waals surface area (Å²) in [6.07, 6.45) is 0. The molecule has 104 valence electrons. The van der Waals surface area contributed by atoms with Gasteiger partial charge in [0.25, 0.3) is 0 Å². The number of hydrogen-bond donors (Lipinski definition) is 1. The van der Waals surface area contributed by atoms with Crippen molar-refractivity contribution < 1.29 is 9.84 Å². The van der Waals surface area contributed by atoms with Gasteiger partial charge in [-0.15, -0.1) is 11.3 Å². The monoisotopic (exact) mass is 287 g/mol. The zero-order valence-electron chi connectivity index (χ0n) is 11.6. The number of rotatable bonds is 4. The molecular weight excluding hydrogens is 270 g/mol. The molecule has 0 bridgehead atoms. The third-order valence-corrected chi connectivity index (χ3v) is 3.59. The topological polar surface area (TPSA) is 32.7 Å². The molecule has 0 saturated carbocycles. The minimum atomic E-state index is -0.112. The van der Waals surface area contributed by atoms with Gasteiger partial charge < -0.3 is 14.7 Å². The maximum Gasteiger partial charge on any atom is 0.122 e. The Labute approximate surface area is 123 Å². The molecule has 0 saturated heterocycles. The second-order valence-electron chi connectivity index (χ2n) is 4.44. The Morgan fingerprint density at radius 2 is 2.15 bits per heavy atom. The molecule has 3 nitrogen and oxygen atoms in total. The summed E-state index contributed by atoms with van der Waals surface area (Å²) in [5.74, 6) is 6.38. The Hall–Kier alpha value is -1.96. The fraction of sp³-hybridized carbons (Fsp3) is 0.250. The largest absolute Gasteiger partial charge is 0.488 e. The summed E-state index contributed by atoms with van der Waals surface area (Å²) in [6.45, 7) is 0.418. The molecule has 2 rings (SSSR count). The van der Waals surface area contributed by atoms with Crippen LogP contribution in [0.4, 0.5) is 5.69 Å². The van der Waals surface area contributed by atoms with Crippen molar-refractivity contribution in [2.45, 2.75) is 6.61 Å². The van der Waals surface area contributed by atoms with Crippen LogP contribution in [-0.2, 0) is 6.61 Å². The molecule has 1 aromatic carbocycles. The summed E-state index contributed by atoms with van der Waals surface area (Å²) in [7, 11) is 4.01. The summed E-state index contributed by atoms with van der Waals surface area (Å²) in [5, 5.41) is 10.6. The van der Waals surface area contributed by atoms with Gasteiger partial charge in [-0.2, -0.15) is 0 Å². The quantitative estimate of drug-likeness (QED) is 0.878. The number of anilines is 1. The molecule has 0 radical (unpaired) electrons. The van der Waals surface area contributed by atoms with Crippen LogP contribution in [0, 0.1) is 11.8 Å². The highest BCUT2D eigenvalue weighted by Crippen LogP contribution is 2.22. The van der Waals surface area contributed by atoms with E-state index in [9.17, 15) is 0 Å². The second kappa shape index (κ2) is 6.99. The van der Waals surface area contributed by atoms with Gasteiger partial charge in [0.05, 0.1) is 0 Å². The lowest BCUT2D eigenvalue weighted by atomic mass is 10.3. The summed E-state index contributed by atoms with van der Waals surface area (Å²) < 4.78 is 5.79. The molecule has 0 fully saturated rings. The number of ether oxygens (including phenoxy) is 1. The van der Waals surface area contributed by atoms with Crippen LogP contribution in [0.2, 0.25) is 0 Å². The van der Waals surface area contributed by atoms with E-state index >= 15 is 0 Å². The second-order valence-corrected chi connectivity index (χ2v) is 5.44. The van der Waals surface area contributed by atoms with E-state index in [4.69, 9.17) is 9.84 Å². The van der Waals surface area contributed by atoms with Gasteiger partial charge in [-0.05, 0) is 18.2 Å². The maximum absolute atomic E-state index is 8.66. The van der Waals surface area contributed by atoms with E-state index in [1.165, 1.54) is 0 Å². The van der Waals surface area contributed by atoms with Crippen molar-refractivity contribution >= 4 is 17.0 Å². The van der Waals surface area contributed by atoms with Crippen molar-refractivity contribution in [2.24, 2.45) is 0 Å². The van der Waals surface area contributed by atoms with Gasteiger partial charge >= 0.3 is 0 Å². The van der Waals surface area contributed by atoms with Gasteiger partial charge in [0.2, 0.25) is 0 Å². The zero-order valence-corrected chi connectivity index (χ0v) is 12.4. The molecule has 0 aliphatic heterocycles. The van der Waals surface area contributed by atoms with Crippen molar-refractivity contribution in [3.63, 3.8) is 0 Å². The fourth-order valence-electron chi connectivity index (χ4n) is 1.67. The fourth-order valence-corrected chi connectivity index (χ4v) is 2.40. The van der Waals surface area contributed by atoms with Crippen molar-refractivity contribution in [1.29, 1.82) is 0 Å². The van der Waals surface area contributed by atoms with Gasteiger partial charge in [0.1, 0.15) is 19.0 Å². The van der Waals surface area contributed by atoms with Crippen molar-refractivity contribution in [3.8, 4) is 17.6 Å². The predicted molar refractivity (Wildman–Crippen MR) is 83.4 cm³/mol. The Kier molecular flexibility index (Phi) is 5.05. The van der Waals surface area contributed by atoms with Crippen LogP contribution in [0.3, 0.4) is 0 Å². The summed E-state index contributed by atoms with van der Waals surface area (Å²) in [5.41, 5.74) is 2.04. The molecule has 0 aliphatic carbocycles. The molecule has 1 heterocycles. The lowest BCUT2D eigenvalue weighted by Crippen LogP contribution is -2.08. The van der Waals surface area contributed by atoms with Crippen molar-refractivity contribution in [3.05, 3.63) is 46.2 Å². The lowest BCUT2D eigenvalue weighted by molar-refractivity contribution is 0.310. The molecule has 20 heavy (non-hydrogen) atoms. The van der Waals surface area contributed by atoms with Gasteiger partial charge in [0, 0.05) is 41.7 Å². The zero-order chi connectivity index (χ0) is 14.4. The molecule has 1 N–H and O–H groups in total. The smallest absolute Gasteiger partial charge is 0.122 e. The molecule has 0 atom stereocenters. The standard InChI is InChI=1S/C16H17NO2S/c1-17(2)14-6-3-7-15(10-14)19-11-16-9-13(12-20-16)5-4-8-18/h3,6-7,9-10,12,18H,8,11H2,1-2H3. The number of thiophene rings is 1. The number of benzene rings is 1. The molecule has 2 aromatic rings. The third kappa shape index (κ3) is 4.02. The molecule has 0 unspecified atom stereocenters. The Bertz CT molecular complexity index is 623. The summed E-state index contributed by atoms with van der Waals surface area (Å²) >= 11 is 1.61. The number of hydrogen-bond acceptors (Lipinski definition) is 4. The summed E-state index contributed by atoms with van der Waals surface area (Å²) in [6, 6.07) is 9.98. The first-order valence-electron chi connectivity index (χ1n) is 6.26. The van der Waals surface area contributed by atoms with E-state index in [0.29, 0.717) is 6.61 Å². The average Bonchev–Trinajstić information content (AvgIpc) is 2.91. The SMILES string of the molecule is CN(C)c1cccc(OCc2cc(C#CCO)cs2)c1. The lowest BCUT2D eigenvalue weighted by Gasteiger charge is -2.13. The first kappa shape index (κ1) is 14.4. The van der Waals surface area contributed by atoms with Crippen LogP contribution in [0.25, 0.3) is 0 Å². The predicted octanol–water partition coefficient (Wildman–Crippen LogP) is 2.74. The first-order valence-corrected chi connectivity index (χ1v) is 7.14. The third-order valence-electron chi connectivity index (χ3n) is 2.68. The molecule has 1 aromatic heterocycles. The Morgan fingerprint density at radius 3 is 2.90 bits per heavy atom.